The Morgan fingerprint density at radius 2 is 2.14 bits per heavy atom. The summed E-state index contributed by atoms with van der Waals surface area (Å²) in [6.45, 7) is 1.89. The monoisotopic (exact) mass is 197 g/mol. The van der Waals surface area contributed by atoms with Gasteiger partial charge in [0.05, 0.1) is 13.2 Å². The van der Waals surface area contributed by atoms with E-state index in [9.17, 15) is 0 Å². The number of methoxy groups -OCH3 is 1. The van der Waals surface area contributed by atoms with Crippen LogP contribution in [-0.2, 0) is 0 Å². The summed E-state index contributed by atoms with van der Waals surface area (Å²) in [5, 5.41) is 9.04. The smallest absolute Gasteiger partial charge is 0.162 e. The number of benzene rings is 1. The van der Waals surface area contributed by atoms with Crippen molar-refractivity contribution in [3.8, 4) is 11.5 Å². The van der Waals surface area contributed by atoms with Crippen LogP contribution in [-0.4, -0.2) is 24.9 Å². The van der Waals surface area contributed by atoms with E-state index in [1.807, 2.05) is 0 Å². The Balaban J connectivity index is 2.75. The van der Waals surface area contributed by atoms with E-state index < -0.39 is 6.10 Å². The Bertz CT molecular complexity index is 299. The summed E-state index contributed by atoms with van der Waals surface area (Å²) in [4.78, 5) is 0. The van der Waals surface area contributed by atoms with Gasteiger partial charge < -0.3 is 20.3 Å². The first-order valence-corrected chi connectivity index (χ1v) is 4.38. The molecule has 14 heavy (non-hydrogen) atoms. The second-order valence-corrected chi connectivity index (χ2v) is 3.07. The van der Waals surface area contributed by atoms with Crippen LogP contribution in [0.1, 0.15) is 6.92 Å². The van der Waals surface area contributed by atoms with Crippen LogP contribution in [0.4, 0.5) is 5.69 Å². The minimum absolute atomic E-state index is 0.236. The summed E-state index contributed by atoms with van der Waals surface area (Å²) in [7, 11) is 1.55. The van der Waals surface area contributed by atoms with Crippen molar-refractivity contribution in [2.24, 2.45) is 0 Å². The Hall–Kier alpha value is -1.42. The first-order valence-electron chi connectivity index (χ1n) is 4.38. The van der Waals surface area contributed by atoms with Crippen LogP contribution in [0.25, 0.3) is 0 Å². The number of anilines is 1. The maximum atomic E-state index is 9.04. The summed E-state index contributed by atoms with van der Waals surface area (Å²) < 4.78 is 10.4. The molecule has 0 saturated heterocycles. The van der Waals surface area contributed by atoms with Gasteiger partial charge in [-0.05, 0) is 19.1 Å². The molecule has 4 nitrogen and oxygen atoms in total. The van der Waals surface area contributed by atoms with Crippen LogP contribution in [0.3, 0.4) is 0 Å². The van der Waals surface area contributed by atoms with Gasteiger partial charge in [0, 0.05) is 11.8 Å². The Morgan fingerprint density at radius 1 is 1.43 bits per heavy atom. The van der Waals surface area contributed by atoms with Gasteiger partial charge in [0.15, 0.2) is 11.5 Å². The maximum Gasteiger partial charge on any atom is 0.162 e. The molecule has 0 bridgehead atoms. The highest BCUT2D eigenvalue weighted by atomic mass is 16.5. The van der Waals surface area contributed by atoms with E-state index in [0.29, 0.717) is 17.2 Å². The van der Waals surface area contributed by atoms with E-state index in [0.717, 1.165) is 0 Å². The molecule has 0 fully saturated rings. The molecule has 0 aliphatic heterocycles. The molecule has 3 N–H and O–H groups in total. The van der Waals surface area contributed by atoms with Gasteiger partial charge in [-0.1, -0.05) is 0 Å². The number of aliphatic hydroxyl groups is 1. The Labute approximate surface area is 83.3 Å². The van der Waals surface area contributed by atoms with Gasteiger partial charge in [-0.2, -0.15) is 0 Å². The lowest BCUT2D eigenvalue weighted by Gasteiger charge is -2.12. The minimum atomic E-state index is -0.503. The molecule has 78 valence electrons. The van der Waals surface area contributed by atoms with Crippen LogP contribution in [0.5, 0.6) is 11.5 Å². The quantitative estimate of drug-likeness (QED) is 0.708. The van der Waals surface area contributed by atoms with Crippen LogP contribution in [0.15, 0.2) is 18.2 Å². The first-order chi connectivity index (χ1) is 6.63. The Morgan fingerprint density at radius 3 is 2.71 bits per heavy atom. The average Bonchev–Trinajstić information content (AvgIpc) is 2.15. The van der Waals surface area contributed by atoms with E-state index in [4.69, 9.17) is 20.3 Å². The third-order valence-electron chi connectivity index (χ3n) is 1.67. The highest BCUT2D eigenvalue weighted by Gasteiger charge is 2.05. The molecule has 1 aromatic rings. The van der Waals surface area contributed by atoms with Crippen molar-refractivity contribution < 1.29 is 14.6 Å². The molecular formula is C10H15NO3. The summed E-state index contributed by atoms with van der Waals surface area (Å²) in [6.07, 6.45) is -0.503. The molecule has 0 heterocycles. The molecule has 0 unspecified atom stereocenters. The highest BCUT2D eigenvalue weighted by molar-refractivity contribution is 5.51. The van der Waals surface area contributed by atoms with Crippen molar-refractivity contribution in [1.29, 1.82) is 0 Å². The Kier molecular flexibility index (Phi) is 3.59. The third-order valence-corrected chi connectivity index (χ3v) is 1.67. The SMILES string of the molecule is COc1cc(N)ccc1OC[C@@H](C)O. The molecule has 0 spiro atoms. The standard InChI is InChI=1S/C10H15NO3/c1-7(12)6-14-9-4-3-8(11)5-10(9)13-2/h3-5,7,12H,6,11H2,1-2H3/t7-/m1/s1. The van der Waals surface area contributed by atoms with E-state index in [1.54, 1.807) is 32.2 Å². The van der Waals surface area contributed by atoms with E-state index >= 15 is 0 Å². The van der Waals surface area contributed by atoms with E-state index in [-0.39, 0.29) is 6.61 Å². The summed E-state index contributed by atoms with van der Waals surface area (Å²) in [6, 6.07) is 5.12. The van der Waals surface area contributed by atoms with Gasteiger partial charge in [0.1, 0.15) is 6.61 Å². The largest absolute Gasteiger partial charge is 0.493 e. The zero-order valence-corrected chi connectivity index (χ0v) is 8.36. The normalized spacial score (nSPS) is 12.2. The van der Waals surface area contributed by atoms with Crippen LogP contribution in [0, 0.1) is 0 Å². The van der Waals surface area contributed by atoms with Crippen molar-refractivity contribution in [3.63, 3.8) is 0 Å². The van der Waals surface area contributed by atoms with Crippen LogP contribution in [0.2, 0.25) is 0 Å². The molecular weight excluding hydrogens is 182 g/mol. The molecule has 1 atom stereocenters. The zero-order valence-electron chi connectivity index (χ0n) is 8.36. The molecule has 0 amide bonds. The summed E-state index contributed by atoms with van der Waals surface area (Å²) in [5.41, 5.74) is 6.19. The molecule has 0 aromatic heterocycles. The molecule has 1 aromatic carbocycles. The fourth-order valence-electron chi connectivity index (χ4n) is 1.01. The molecule has 0 aliphatic rings. The van der Waals surface area contributed by atoms with Gasteiger partial charge in [-0.25, -0.2) is 0 Å². The van der Waals surface area contributed by atoms with E-state index in [2.05, 4.69) is 0 Å². The number of rotatable bonds is 4. The van der Waals surface area contributed by atoms with Gasteiger partial charge in [-0.15, -0.1) is 0 Å². The first kappa shape index (κ1) is 10.7. The number of nitrogen functional groups attached to an aromatic ring is 1. The lowest BCUT2D eigenvalue weighted by atomic mass is 10.3. The predicted molar refractivity (Wildman–Crippen MR) is 54.6 cm³/mol. The van der Waals surface area contributed by atoms with Crippen molar-refractivity contribution >= 4 is 5.69 Å². The second kappa shape index (κ2) is 4.72. The third kappa shape index (κ3) is 2.81. The van der Waals surface area contributed by atoms with Gasteiger partial charge in [0.2, 0.25) is 0 Å². The highest BCUT2D eigenvalue weighted by Crippen LogP contribution is 2.28. The van der Waals surface area contributed by atoms with E-state index in [1.165, 1.54) is 0 Å². The molecule has 0 saturated carbocycles. The average molecular weight is 197 g/mol. The number of aliphatic hydroxyl groups excluding tert-OH is 1. The predicted octanol–water partition coefficient (Wildman–Crippen LogP) is 1.04. The van der Waals surface area contributed by atoms with Crippen molar-refractivity contribution in [2.45, 2.75) is 13.0 Å². The number of nitrogens with two attached hydrogens (primary N) is 1. The molecule has 0 aliphatic carbocycles. The van der Waals surface area contributed by atoms with Crippen LogP contribution < -0.4 is 15.2 Å². The zero-order chi connectivity index (χ0) is 10.6. The number of ether oxygens (including phenoxy) is 2. The molecule has 1 rings (SSSR count). The van der Waals surface area contributed by atoms with Crippen LogP contribution >= 0.6 is 0 Å². The number of hydrogen-bond donors (Lipinski definition) is 2. The molecule has 4 heteroatoms. The van der Waals surface area contributed by atoms with Crippen molar-refractivity contribution in [3.05, 3.63) is 18.2 Å². The fourth-order valence-corrected chi connectivity index (χ4v) is 1.01. The lowest BCUT2D eigenvalue weighted by Crippen LogP contribution is -2.13. The molecule has 0 radical (unpaired) electrons. The lowest BCUT2D eigenvalue weighted by molar-refractivity contribution is 0.120. The minimum Gasteiger partial charge on any atom is -0.493 e. The summed E-state index contributed by atoms with van der Waals surface area (Å²) in [5.74, 6) is 1.16. The van der Waals surface area contributed by atoms with Crippen molar-refractivity contribution in [2.75, 3.05) is 19.5 Å². The number of hydrogen-bond acceptors (Lipinski definition) is 4. The summed E-state index contributed by atoms with van der Waals surface area (Å²) >= 11 is 0. The van der Waals surface area contributed by atoms with Gasteiger partial charge >= 0.3 is 0 Å². The van der Waals surface area contributed by atoms with Crippen molar-refractivity contribution in [1.82, 2.24) is 0 Å². The maximum absolute atomic E-state index is 9.04. The topological polar surface area (TPSA) is 64.7 Å². The van der Waals surface area contributed by atoms with Gasteiger partial charge in [0.25, 0.3) is 0 Å². The van der Waals surface area contributed by atoms with Gasteiger partial charge in [-0.3, -0.25) is 0 Å². The second-order valence-electron chi connectivity index (χ2n) is 3.07. The fraction of sp³-hybridized carbons (Fsp3) is 0.400.